The summed E-state index contributed by atoms with van der Waals surface area (Å²) in [4.78, 5) is 10.6. The molecule has 4 unspecified atom stereocenters. The molecular weight excluding hydrogens is 368 g/mol. The topological polar surface area (TPSA) is 13.0 Å². The second-order valence-electron chi connectivity index (χ2n) is 9.11. The van der Waals surface area contributed by atoms with E-state index in [1.54, 1.807) is 0 Å². The van der Waals surface area contributed by atoms with Crippen LogP contribution in [0.25, 0.3) is 0 Å². The van der Waals surface area contributed by atoms with E-state index in [0.29, 0.717) is 12.1 Å². The lowest BCUT2D eigenvalue weighted by atomic mass is 9.99. The van der Waals surface area contributed by atoms with Gasteiger partial charge in [-0.2, -0.15) is 0 Å². The molecule has 4 rings (SSSR count). The Morgan fingerprint density at radius 2 is 0.867 bits per heavy atom. The smallest absolute Gasteiger partial charge is 0.0361 e. The minimum absolute atomic E-state index is 0.497. The Balaban J connectivity index is 1.64. The molecular formula is C26H38N4. The predicted molar refractivity (Wildman–Crippen MR) is 126 cm³/mol. The van der Waals surface area contributed by atoms with Crippen LogP contribution in [0.4, 0.5) is 0 Å². The molecule has 30 heavy (non-hydrogen) atoms. The van der Waals surface area contributed by atoms with Crippen molar-refractivity contribution in [3.63, 3.8) is 0 Å². The quantitative estimate of drug-likeness (QED) is 0.753. The van der Waals surface area contributed by atoms with Gasteiger partial charge in [0.1, 0.15) is 0 Å². The van der Waals surface area contributed by atoms with Crippen LogP contribution in [0.2, 0.25) is 0 Å². The zero-order valence-electron chi connectivity index (χ0n) is 18.8. The summed E-state index contributed by atoms with van der Waals surface area (Å²) in [5.41, 5.74) is 2.94. The first-order valence-corrected chi connectivity index (χ1v) is 11.7. The Morgan fingerprint density at radius 1 is 0.500 bits per heavy atom. The normalized spacial score (nSPS) is 30.1. The van der Waals surface area contributed by atoms with E-state index < -0.39 is 0 Å². The van der Waals surface area contributed by atoms with Crippen LogP contribution in [0.1, 0.15) is 36.1 Å². The molecule has 2 aromatic carbocycles. The fourth-order valence-corrected chi connectivity index (χ4v) is 5.08. The van der Waals surface area contributed by atoms with Gasteiger partial charge in [-0.3, -0.25) is 9.80 Å². The second-order valence-corrected chi connectivity index (χ2v) is 9.11. The summed E-state index contributed by atoms with van der Waals surface area (Å²) >= 11 is 0. The Labute approximate surface area is 183 Å². The van der Waals surface area contributed by atoms with Gasteiger partial charge in [-0.1, -0.05) is 60.7 Å². The molecule has 0 saturated carbocycles. The molecule has 0 radical (unpaired) electrons. The van der Waals surface area contributed by atoms with Crippen LogP contribution in [-0.4, -0.2) is 86.1 Å². The lowest BCUT2D eigenvalue weighted by molar-refractivity contribution is 0.0743. The first kappa shape index (κ1) is 21.5. The monoisotopic (exact) mass is 406 g/mol. The van der Waals surface area contributed by atoms with Crippen LogP contribution >= 0.6 is 0 Å². The molecule has 4 heteroatoms. The van der Waals surface area contributed by atoms with Crippen molar-refractivity contribution in [1.29, 1.82) is 0 Å². The molecule has 162 valence electrons. The van der Waals surface area contributed by atoms with Gasteiger partial charge < -0.3 is 9.80 Å². The molecule has 2 bridgehead atoms. The molecule has 0 aliphatic carbocycles. The standard InChI is InChI=1S/C26H38N4/c1-27-15-13-25(23-9-5-3-6-10-23)30-20-18-28(2)16-14-26(24-11-7-4-8-12-24)29(19-17-27)21-22-30/h3-12,25-26H,13-22H2,1-2H3. The average molecular weight is 407 g/mol. The summed E-state index contributed by atoms with van der Waals surface area (Å²) in [6.45, 7) is 9.14. The van der Waals surface area contributed by atoms with Crippen molar-refractivity contribution < 1.29 is 0 Å². The van der Waals surface area contributed by atoms with Gasteiger partial charge >= 0.3 is 0 Å². The van der Waals surface area contributed by atoms with E-state index in [-0.39, 0.29) is 0 Å². The molecule has 0 N–H and O–H groups in total. The number of likely N-dealkylation sites (N-methyl/N-ethyl adjacent to an activating group) is 2. The maximum Gasteiger partial charge on any atom is 0.0361 e. The van der Waals surface area contributed by atoms with Gasteiger partial charge in [0.15, 0.2) is 0 Å². The van der Waals surface area contributed by atoms with Gasteiger partial charge in [0.25, 0.3) is 0 Å². The van der Waals surface area contributed by atoms with Crippen LogP contribution in [0.15, 0.2) is 60.7 Å². The molecule has 4 nitrogen and oxygen atoms in total. The van der Waals surface area contributed by atoms with Gasteiger partial charge in [-0.25, -0.2) is 0 Å². The number of fused-ring (bicyclic) bond motifs is 3. The van der Waals surface area contributed by atoms with E-state index in [4.69, 9.17) is 0 Å². The first-order valence-electron chi connectivity index (χ1n) is 11.7. The summed E-state index contributed by atoms with van der Waals surface area (Å²) in [6.07, 6.45) is 2.40. The molecule has 0 amide bonds. The van der Waals surface area contributed by atoms with Crippen molar-refractivity contribution in [2.45, 2.75) is 24.9 Å². The van der Waals surface area contributed by atoms with Gasteiger partial charge in [0.2, 0.25) is 0 Å². The largest absolute Gasteiger partial charge is 0.305 e. The van der Waals surface area contributed by atoms with Crippen LogP contribution in [0, 0.1) is 0 Å². The van der Waals surface area contributed by atoms with E-state index in [1.165, 1.54) is 24.0 Å². The molecule has 2 fully saturated rings. The van der Waals surface area contributed by atoms with Gasteiger partial charge in [-0.15, -0.1) is 0 Å². The fourth-order valence-electron chi connectivity index (χ4n) is 5.08. The third-order valence-corrected chi connectivity index (χ3v) is 7.03. The summed E-state index contributed by atoms with van der Waals surface area (Å²) in [7, 11) is 4.59. The lowest BCUT2D eigenvalue weighted by Crippen LogP contribution is -2.47. The number of hydrogen-bond acceptors (Lipinski definition) is 4. The first-order chi connectivity index (χ1) is 14.7. The molecule has 2 aromatic rings. The van der Waals surface area contributed by atoms with Crippen LogP contribution in [-0.2, 0) is 0 Å². The number of hydrogen-bond donors (Lipinski definition) is 0. The third-order valence-electron chi connectivity index (χ3n) is 7.03. The van der Waals surface area contributed by atoms with Gasteiger partial charge in [0, 0.05) is 51.4 Å². The van der Waals surface area contributed by atoms with Crippen molar-refractivity contribution in [3.05, 3.63) is 71.8 Å². The van der Waals surface area contributed by atoms with Crippen LogP contribution in [0.5, 0.6) is 0 Å². The summed E-state index contributed by atoms with van der Waals surface area (Å²) in [5, 5.41) is 0. The average Bonchev–Trinajstić information content (AvgIpc) is 2.79. The van der Waals surface area contributed by atoms with E-state index in [1.807, 2.05) is 0 Å². The highest BCUT2D eigenvalue weighted by molar-refractivity contribution is 5.20. The molecule has 2 aliphatic rings. The summed E-state index contributed by atoms with van der Waals surface area (Å²) < 4.78 is 0. The lowest BCUT2D eigenvalue weighted by Gasteiger charge is -2.41. The van der Waals surface area contributed by atoms with Gasteiger partial charge in [0.05, 0.1) is 0 Å². The number of nitrogens with zero attached hydrogens (tertiary/aromatic N) is 4. The van der Waals surface area contributed by atoms with Crippen LogP contribution < -0.4 is 0 Å². The molecule has 0 spiro atoms. The Bertz CT molecular complexity index is 685. The fraction of sp³-hybridized carbons (Fsp3) is 0.538. The van der Waals surface area contributed by atoms with E-state index in [9.17, 15) is 0 Å². The van der Waals surface area contributed by atoms with E-state index in [0.717, 1.165) is 52.4 Å². The van der Waals surface area contributed by atoms with E-state index in [2.05, 4.69) is 94.4 Å². The summed E-state index contributed by atoms with van der Waals surface area (Å²) in [5.74, 6) is 0. The second kappa shape index (κ2) is 10.5. The number of rotatable bonds is 2. The highest BCUT2D eigenvalue weighted by Gasteiger charge is 2.28. The van der Waals surface area contributed by atoms with E-state index >= 15 is 0 Å². The minimum atomic E-state index is 0.497. The number of benzene rings is 2. The SMILES string of the molecule is CN1CCC(c2ccccc2)N2CCN(C)CCC(c3ccccc3)N(CC1)CC2. The molecule has 4 atom stereocenters. The maximum absolute atomic E-state index is 2.76. The highest BCUT2D eigenvalue weighted by Crippen LogP contribution is 2.29. The van der Waals surface area contributed by atoms with Crippen LogP contribution in [0.3, 0.4) is 0 Å². The Kier molecular flexibility index (Phi) is 7.56. The Hall–Kier alpha value is -1.72. The minimum Gasteiger partial charge on any atom is -0.305 e. The van der Waals surface area contributed by atoms with Crippen molar-refractivity contribution in [2.24, 2.45) is 0 Å². The summed E-state index contributed by atoms with van der Waals surface area (Å²) in [6, 6.07) is 23.4. The van der Waals surface area contributed by atoms with Crippen molar-refractivity contribution in [2.75, 3.05) is 66.5 Å². The highest BCUT2D eigenvalue weighted by atomic mass is 15.3. The molecule has 2 aliphatic heterocycles. The maximum atomic E-state index is 2.76. The Morgan fingerprint density at radius 3 is 1.27 bits per heavy atom. The van der Waals surface area contributed by atoms with Gasteiger partial charge in [-0.05, 0) is 51.2 Å². The zero-order valence-corrected chi connectivity index (χ0v) is 18.8. The van der Waals surface area contributed by atoms with Crippen molar-refractivity contribution >= 4 is 0 Å². The van der Waals surface area contributed by atoms with Crippen molar-refractivity contribution in [3.8, 4) is 0 Å². The van der Waals surface area contributed by atoms with Crippen molar-refractivity contribution in [1.82, 2.24) is 19.6 Å². The third kappa shape index (κ3) is 5.50. The predicted octanol–water partition coefficient (Wildman–Crippen LogP) is 3.74. The molecule has 0 aromatic heterocycles. The zero-order chi connectivity index (χ0) is 20.8. The molecule has 2 heterocycles. The molecule has 2 saturated heterocycles.